The highest BCUT2D eigenvalue weighted by Gasteiger charge is 1.92. The average molecular weight is 180 g/mol. The van der Waals surface area contributed by atoms with Gasteiger partial charge in [0, 0.05) is 25.9 Å². The molecular weight excluding hydrogens is 162 g/mol. The monoisotopic (exact) mass is 180 g/mol. The predicted molar refractivity (Wildman–Crippen MR) is 55.9 cm³/mol. The lowest BCUT2D eigenvalue weighted by molar-refractivity contribution is -0.413. The van der Waals surface area contributed by atoms with Gasteiger partial charge in [-0.15, -0.1) is 0 Å². The summed E-state index contributed by atoms with van der Waals surface area (Å²) in [5.41, 5.74) is 0. The summed E-state index contributed by atoms with van der Waals surface area (Å²) in [7, 11) is 3.97. The molecule has 3 heteroatoms. The number of aryl methyl sites for hydroxylation is 1. The van der Waals surface area contributed by atoms with Crippen LogP contribution in [-0.4, -0.2) is 27.4 Å². The van der Waals surface area contributed by atoms with Gasteiger partial charge in [0.2, 0.25) is 0 Å². The molecule has 2 heterocycles. The molecule has 1 aromatic heterocycles. The van der Waals surface area contributed by atoms with E-state index in [9.17, 15) is 0 Å². The Morgan fingerprint density at radius 1 is 1.46 bits per heavy atom. The Balaban J connectivity index is 0.000000206. The third-order valence-corrected chi connectivity index (χ3v) is 1.51. The normalized spacial score (nSPS) is 12.6. The zero-order valence-corrected chi connectivity index (χ0v) is 7.51. The molecule has 0 saturated carbocycles. The van der Waals surface area contributed by atoms with Crippen molar-refractivity contribution in [3.8, 4) is 0 Å². The fraction of sp³-hybridized carbons (Fsp3) is 0.400. The van der Waals surface area contributed by atoms with Gasteiger partial charge in [-0.25, -0.2) is 9.56 Å². The third-order valence-electron chi connectivity index (χ3n) is 1.51. The second kappa shape index (κ2) is 6.17. The number of aromatic nitrogens is 2. The number of nitrogens with zero attached hydrogens (tertiary/aromatic N) is 3. The molecule has 3 nitrogen and oxygen atoms in total. The Kier molecular flexibility index (Phi) is 5.52. The first kappa shape index (κ1) is 11.6. The summed E-state index contributed by atoms with van der Waals surface area (Å²) in [6, 6.07) is 0. The molecule has 0 bridgehead atoms. The van der Waals surface area contributed by atoms with E-state index in [0.29, 0.717) is 0 Å². The van der Waals surface area contributed by atoms with Crippen molar-refractivity contribution in [3.63, 3.8) is 0 Å². The summed E-state index contributed by atoms with van der Waals surface area (Å²) in [6.45, 7) is 0. The first-order chi connectivity index (χ1) is 5.79. The molecule has 1 aliphatic heterocycles. The topological polar surface area (TPSA) is 20.8 Å². The molecule has 0 fully saturated rings. The van der Waals surface area contributed by atoms with Crippen molar-refractivity contribution in [3.05, 3.63) is 31.0 Å². The van der Waals surface area contributed by atoms with Gasteiger partial charge < -0.3 is 4.57 Å². The summed E-state index contributed by atoms with van der Waals surface area (Å²) in [4.78, 5) is 3.78. The number of allylic oxidation sites excluding steroid dienone is 1. The zero-order chi connectivity index (χ0) is 8.81. The molecule has 0 aromatic carbocycles. The van der Waals surface area contributed by atoms with Crippen LogP contribution in [-0.2, 0) is 7.05 Å². The van der Waals surface area contributed by atoms with Crippen molar-refractivity contribution in [2.24, 2.45) is 7.05 Å². The molecule has 0 radical (unpaired) electrons. The summed E-state index contributed by atoms with van der Waals surface area (Å²) in [5, 5.41) is 0. The molecule has 0 saturated heterocycles. The number of hydrogen-bond donors (Lipinski definition) is 0. The summed E-state index contributed by atoms with van der Waals surface area (Å²) in [6.07, 6.45) is 12.8. The van der Waals surface area contributed by atoms with Gasteiger partial charge in [-0.1, -0.05) is 7.43 Å². The Morgan fingerprint density at radius 2 is 2.23 bits per heavy atom. The van der Waals surface area contributed by atoms with Crippen LogP contribution in [0, 0.1) is 0 Å². The fourth-order valence-corrected chi connectivity index (χ4v) is 0.841. The summed E-state index contributed by atoms with van der Waals surface area (Å²) < 4.78 is 3.94. The molecule has 13 heavy (non-hydrogen) atoms. The van der Waals surface area contributed by atoms with Crippen LogP contribution in [0.2, 0.25) is 0 Å². The number of hydrogen-bond acceptors (Lipinski definition) is 1. The van der Waals surface area contributed by atoms with E-state index in [1.807, 2.05) is 24.9 Å². The van der Waals surface area contributed by atoms with Crippen LogP contribution in [0.5, 0.6) is 0 Å². The first-order valence-electron chi connectivity index (χ1n) is 3.93. The molecular formula is C10H18N3+. The lowest BCUT2D eigenvalue weighted by atomic mass is 10.5. The molecule has 0 unspecified atom stereocenters. The van der Waals surface area contributed by atoms with E-state index in [-0.39, 0.29) is 7.43 Å². The van der Waals surface area contributed by atoms with Gasteiger partial charge in [-0.3, -0.25) is 0 Å². The fourth-order valence-electron chi connectivity index (χ4n) is 0.841. The first-order valence-corrected chi connectivity index (χ1v) is 3.93. The highest BCUT2D eigenvalue weighted by Crippen LogP contribution is 1.85. The van der Waals surface area contributed by atoms with Crippen LogP contribution < -0.4 is 0 Å². The van der Waals surface area contributed by atoms with E-state index >= 15 is 0 Å². The van der Waals surface area contributed by atoms with Gasteiger partial charge in [0.25, 0.3) is 0 Å². The van der Waals surface area contributed by atoms with E-state index < -0.39 is 0 Å². The highest BCUT2D eigenvalue weighted by atomic mass is 15.0. The quantitative estimate of drug-likeness (QED) is 0.556. The molecule has 0 spiro atoms. The predicted octanol–water partition coefficient (Wildman–Crippen LogP) is 1.67. The van der Waals surface area contributed by atoms with Crippen molar-refractivity contribution in [2.45, 2.75) is 13.8 Å². The van der Waals surface area contributed by atoms with E-state index in [2.05, 4.69) is 28.1 Å². The van der Waals surface area contributed by atoms with Crippen LogP contribution in [0.15, 0.2) is 31.0 Å². The van der Waals surface area contributed by atoms with Crippen molar-refractivity contribution < 1.29 is 4.58 Å². The van der Waals surface area contributed by atoms with E-state index in [4.69, 9.17) is 0 Å². The Hall–Kier alpha value is -1.38. The maximum Gasteiger partial charge on any atom is 0.164 e. The molecule has 0 aliphatic carbocycles. The molecule has 0 N–H and O–H groups in total. The molecule has 1 aliphatic rings. The molecule has 72 valence electrons. The van der Waals surface area contributed by atoms with E-state index in [1.54, 1.807) is 12.5 Å². The molecule has 0 amide bonds. The molecule has 2 rings (SSSR count). The Bertz CT molecular complexity index is 268. The van der Waals surface area contributed by atoms with E-state index in [1.165, 1.54) is 0 Å². The van der Waals surface area contributed by atoms with Crippen LogP contribution in [0.1, 0.15) is 13.8 Å². The average Bonchev–Trinajstić information content (AvgIpc) is 2.63. The third kappa shape index (κ3) is 4.95. The second-order valence-electron chi connectivity index (χ2n) is 2.70. The van der Waals surface area contributed by atoms with Gasteiger partial charge in [0.1, 0.15) is 13.3 Å². The number of imidazole rings is 1. The molecule has 1 aromatic rings. The largest absolute Gasteiger partial charge is 0.341 e. The zero-order valence-electron chi connectivity index (χ0n) is 7.51. The second-order valence-corrected chi connectivity index (χ2v) is 2.70. The summed E-state index contributed by atoms with van der Waals surface area (Å²) >= 11 is 0. The Morgan fingerprint density at radius 3 is 2.38 bits per heavy atom. The standard InChI is InChI=1S/C5H8N.C4H6N2.CH4/c1-6-4-2-3-5-6;1-6-3-2-5-4-6;/h2,4-5H,3H2,1H3;2-4H,1H3;1H4/q+1;;. The van der Waals surface area contributed by atoms with E-state index in [0.717, 1.165) is 6.42 Å². The van der Waals surface area contributed by atoms with Crippen LogP contribution in [0.3, 0.4) is 0 Å². The number of rotatable bonds is 0. The smallest absolute Gasteiger partial charge is 0.164 e. The van der Waals surface area contributed by atoms with Crippen molar-refractivity contribution in [1.82, 2.24) is 9.55 Å². The minimum atomic E-state index is 0. The van der Waals surface area contributed by atoms with Crippen LogP contribution in [0.4, 0.5) is 0 Å². The Labute approximate surface area is 80.0 Å². The van der Waals surface area contributed by atoms with Gasteiger partial charge in [-0.05, 0) is 6.08 Å². The van der Waals surface area contributed by atoms with Crippen molar-refractivity contribution in [1.29, 1.82) is 0 Å². The lowest BCUT2D eigenvalue weighted by Crippen LogP contribution is -1.88. The van der Waals surface area contributed by atoms with Gasteiger partial charge in [0.15, 0.2) is 6.20 Å². The van der Waals surface area contributed by atoms with Crippen molar-refractivity contribution in [2.75, 3.05) is 7.05 Å². The SMILES string of the molecule is C.C[N+]1=CCC=C1.Cn1ccnc1. The van der Waals surface area contributed by atoms with Gasteiger partial charge in [-0.2, -0.15) is 0 Å². The van der Waals surface area contributed by atoms with Gasteiger partial charge in [0.05, 0.1) is 6.33 Å². The molecule has 0 atom stereocenters. The minimum Gasteiger partial charge on any atom is -0.341 e. The van der Waals surface area contributed by atoms with Crippen LogP contribution in [0.25, 0.3) is 0 Å². The maximum absolute atomic E-state index is 3.78. The van der Waals surface area contributed by atoms with Gasteiger partial charge >= 0.3 is 0 Å². The lowest BCUT2D eigenvalue weighted by Gasteiger charge is -1.76. The highest BCUT2D eigenvalue weighted by molar-refractivity contribution is 5.55. The van der Waals surface area contributed by atoms with Crippen LogP contribution >= 0.6 is 0 Å². The maximum atomic E-state index is 3.78. The minimum absolute atomic E-state index is 0. The summed E-state index contributed by atoms with van der Waals surface area (Å²) in [5.74, 6) is 0. The van der Waals surface area contributed by atoms with Crippen molar-refractivity contribution >= 4 is 6.21 Å².